The molecule has 0 saturated heterocycles. The van der Waals surface area contributed by atoms with Crippen LogP contribution in [0.2, 0.25) is 5.02 Å². The molecule has 1 aromatic carbocycles. The van der Waals surface area contributed by atoms with Crippen LogP contribution >= 0.6 is 23.4 Å². The highest BCUT2D eigenvalue weighted by Crippen LogP contribution is 2.48. The lowest BCUT2D eigenvalue weighted by molar-refractivity contribution is -0.119. The Bertz CT molecular complexity index is 986. The number of fused-ring (bicyclic) bond motifs is 2. The fourth-order valence-corrected chi connectivity index (χ4v) is 5.87. The predicted octanol–water partition coefficient (Wildman–Crippen LogP) is 3.94. The Morgan fingerprint density at radius 1 is 1.33 bits per heavy atom. The minimum absolute atomic E-state index is 0.0362. The topological polar surface area (TPSA) is 68.3 Å². The number of carbonyl (C=O) groups is 2. The van der Waals surface area contributed by atoms with Gasteiger partial charge < -0.3 is 0 Å². The van der Waals surface area contributed by atoms with E-state index in [1.807, 2.05) is 0 Å². The van der Waals surface area contributed by atoms with Gasteiger partial charge in [0, 0.05) is 34.8 Å². The van der Waals surface area contributed by atoms with E-state index in [0.717, 1.165) is 30.4 Å². The second-order valence-electron chi connectivity index (χ2n) is 6.86. The monoisotopic (exact) mass is 422 g/mol. The summed E-state index contributed by atoms with van der Waals surface area (Å²) in [7, 11) is -3.43. The van der Waals surface area contributed by atoms with Gasteiger partial charge in [-0.25, -0.2) is 8.42 Å². The molecule has 1 saturated carbocycles. The molecule has 2 unspecified atom stereocenters. The Morgan fingerprint density at radius 2 is 2.04 bits per heavy atom. The molecule has 142 valence electrons. The Hall–Kier alpha value is -1.55. The first-order chi connectivity index (χ1) is 12.7. The van der Waals surface area contributed by atoms with Crippen LogP contribution in [0.1, 0.15) is 36.0 Å². The lowest BCUT2D eigenvalue weighted by Gasteiger charge is -2.24. The molecule has 2 bridgehead atoms. The maximum absolute atomic E-state index is 13.2. The van der Waals surface area contributed by atoms with Crippen LogP contribution in [0.15, 0.2) is 33.6 Å². The SMILES string of the molecule is C#CCCSC1=C(C(=O)c2ccc(S(C)(=O)=O)cc2Cl)C(=O)C2CCC1C2. The smallest absolute Gasteiger partial charge is 0.198 e. The summed E-state index contributed by atoms with van der Waals surface area (Å²) < 4.78 is 23.4. The quantitative estimate of drug-likeness (QED) is 0.300. The van der Waals surface area contributed by atoms with E-state index in [2.05, 4.69) is 5.92 Å². The van der Waals surface area contributed by atoms with Gasteiger partial charge in [0.2, 0.25) is 0 Å². The van der Waals surface area contributed by atoms with Crippen LogP contribution in [0.5, 0.6) is 0 Å². The van der Waals surface area contributed by atoms with Gasteiger partial charge in [-0.15, -0.1) is 24.1 Å². The summed E-state index contributed by atoms with van der Waals surface area (Å²) in [6, 6.07) is 4.00. The Morgan fingerprint density at radius 3 is 2.67 bits per heavy atom. The first-order valence-corrected chi connectivity index (χ1v) is 11.9. The number of carbonyl (C=O) groups excluding carboxylic acids is 2. The van der Waals surface area contributed by atoms with Gasteiger partial charge in [0.15, 0.2) is 21.4 Å². The Balaban J connectivity index is 2.03. The third-order valence-corrected chi connectivity index (χ3v) is 7.69. The molecule has 4 nitrogen and oxygen atoms in total. The van der Waals surface area contributed by atoms with Crippen molar-refractivity contribution in [1.29, 1.82) is 0 Å². The van der Waals surface area contributed by atoms with E-state index in [9.17, 15) is 18.0 Å². The molecule has 2 aliphatic rings. The number of ketones is 2. The van der Waals surface area contributed by atoms with E-state index < -0.39 is 15.6 Å². The van der Waals surface area contributed by atoms with E-state index in [-0.39, 0.29) is 38.7 Å². The van der Waals surface area contributed by atoms with Crippen LogP contribution in [-0.4, -0.2) is 32.0 Å². The number of hydrogen-bond acceptors (Lipinski definition) is 5. The lowest BCUT2D eigenvalue weighted by Crippen LogP contribution is -2.26. The largest absolute Gasteiger partial charge is 0.294 e. The first kappa shape index (κ1) is 20.2. The number of halogens is 1. The van der Waals surface area contributed by atoms with Gasteiger partial charge in [0.25, 0.3) is 0 Å². The van der Waals surface area contributed by atoms with Crippen LogP contribution in [-0.2, 0) is 14.6 Å². The van der Waals surface area contributed by atoms with Crippen LogP contribution in [0.25, 0.3) is 0 Å². The normalized spacial score (nSPS) is 22.0. The number of thioether (sulfide) groups is 1. The molecular formula is C20H19ClO4S2. The van der Waals surface area contributed by atoms with Crippen molar-refractivity contribution in [1.82, 2.24) is 0 Å². The predicted molar refractivity (Wildman–Crippen MR) is 108 cm³/mol. The highest BCUT2D eigenvalue weighted by molar-refractivity contribution is 8.03. The first-order valence-electron chi connectivity index (χ1n) is 8.63. The summed E-state index contributed by atoms with van der Waals surface area (Å²) in [5, 5.41) is 0.0362. The molecule has 0 N–H and O–H groups in total. The number of sulfone groups is 1. The second-order valence-corrected chi connectivity index (χ2v) is 10.4. The van der Waals surface area contributed by atoms with Crippen molar-refractivity contribution in [2.45, 2.75) is 30.6 Å². The van der Waals surface area contributed by atoms with Gasteiger partial charge in [0.05, 0.1) is 15.5 Å². The summed E-state index contributed by atoms with van der Waals surface area (Å²) in [4.78, 5) is 27.0. The van der Waals surface area contributed by atoms with Crippen molar-refractivity contribution in [2.24, 2.45) is 11.8 Å². The van der Waals surface area contributed by atoms with Crippen molar-refractivity contribution >= 4 is 44.8 Å². The van der Waals surface area contributed by atoms with Crippen LogP contribution in [0, 0.1) is 24.2 Å². The van der Waals surface area contributed by atoms with Gasteiger partial charge in [-0.2, -0.15) is 0 Å². The van der Waals surface area contributed by atoms with Gasteiger partial charge in [-0.1, -0.05) is 11.6 Å². The summed E-state index contributed by atoms with van der Waals surface area (Å²) in [6.07, 6.45) is 9.43. The van der Waals surface area contributed by atoms with Gasteiger partial charge >= 0.3 is 0 Å². The third kappa shape index (κ3) is 4.01. The third-order valence-electron chi connectivity index (χ3n) is 5.01. The van der Waals surface area contributed by atoms with Crippen molar-refractivity contribution in [3.63, 3.8) is 0 Å². The number of hydrogen-bond donors (Lipinski definition) is 0. The molecule has 0 radical (unpaired) electrons. The van der Waals surface area contributed by atoms with Gasteiger partial charge in [-0.3, -0.25) is 9.59 Å². The summed E-state index contributed by atoms with van der Waals surface area (Å²) >= 11 is 7.69. The van der Waals surface area contributed by atoms with E-state index in [1.54, 1.807) is 0 Å². The molecule has 0 aliphatic heterocycles. The fraction of sp³-hybridized carbons (Fsp3) is 0.400. The molecule has 0 spiro atoms. The standard InChI is InChI=1S/C20H19ClO4S2/c1-3-4-9-26-20-13-6-5-12(10-13)18(22)17(20)19(23)15-8-7-14(11-16(15)21)27(2,24)25/h1,7-8,11-13H,4-6,9-10H2,2H3. The van der Waals surface area contributed by atoms with Gasteiger partial charge in [-0.05, 0) is 43.4 Å². The maximum atomic E-state index is 13.2. The summed E-state index contributed by atoms with van der Waals surface area (Å²) in [5.41, 5.74) is 0.369. The van der Waals surface area contributed by atoms with E-state index in [1.165, 1.54) is 30.0 Å². The molecule has 7 heteroatoms. The highest BCUT2D eigenvalue weighted by atomic mass is 35.5. The van der Waals surface area contributed by atoms with Crippen LogP contribution in [0.4, 0.5) is 0 Å². The van der Waals surface area contributed by atoms with Crippen molar-refractivity contribution < 1.29 is 18.0 Å². The minimum Gasteiger partial charge on any atom is -0.294 e. The molecule has 0 amide bonds. The average molecular weight is 423 g/mol. The number of allylic oxidation sites excluding steroid dienone is 2. The number of Topliss-reactive ketones (excluding diaryl/α,β-unsaturated/α-hetero) is 2. The fourth-order valence-electron chi connectivity index (χ4n) is 3.67. The van der Waals surface area contributed by atoms with Crippen molar-refractivity contribution in [3.05, 3.63) is 39.3 Å². The maximum Gasteiger partial charge on any atom is 0.198 e. The van der Waals surface area contributed by atoms with E-state index >= 15 is 0 Å². The molecule has 2 atom stereocenters. The number of rotatable bonds is 6. The zero-order chi connectivity index (χ0) is 19.8. The molecule has 0 heterocycles. The van der Waals surface area contributed by atoms with Gasteiger partial charge in [0.1, 0.15) is 0 Å². The molecule has 3 rings (SSSR count). The minimum atomic E-state index is -3.43. The van der Waals surface area contributed by atoms with E-state index in [0.29, 0.717) is 12.2 Å². The highest BCUT2D eigenvalue weighted by Gasteiger charge is 2.43. The Kier molecular flexibility index (Phi) is 5.85. The number of benzene rings is 1. The van der Waals surface area contributed by atoms with E-state index in [4.69, 9.17) is 18.0 Å². The molecule has 1 fully saturated rings. The zero-order valence-electron chi connectivity index (χ0n) is 14.8. The second kappa shape index (κ2) is 7.83. The van der Waals surface area contributed by atoms with Crippen molar-refractivity contribution in [2.75, 3.05) is 12.0 Å². The zero-order valence-corrected chi connectivity index (χ0v) is 17.2. The molecular weight excluding hydrogens is 404 g/mol. The van der Waals surface area contributed by atoms with Crippen LogP contribution < -0.4 is 0 Å². The Labute approximate surface area is 168 Å². The molecule has 2 aliphatic carbocycles. The molecule has 27 heavy (non-hydrogen) atoms. The van der Waals surface area contributed by atoms with Crippen LogP contribution in [0.3, 0.4) is 0 Å². The molecule has 1 aromatic rings. The lowest BCUT2D eigenvalue weighted by atomic mass is 9.84. The molecule has 0 aromatic heterocycles. The average Bonchev–Trinajstić information content (AvgIpc) is 3.04. The van der Waals surface area contributed by atoms with Crippen molar-refractivity contribution in [3.8, 4) is 12.3 Å². The summed E-state index contributed by atoms with van der Waals surface area (Å²) in [5.74, 6) is 2.78. The summed E-state index contributed by atoms with van der Waals surface area (Å²) in [6.45, 7) is 0. The number of terminal acetylenes is 1.